The van der Waals surface area contributed by atoms with Crippen LogP contribution >= 0.6 is 23.2 Å². The first-order valence-corrected chi connectivity index (χ1v) is 8.49. The van der Waals surface area contributed by atoms with E-state index in [1.54, 1.807) is 28.9 Å². The second-order valence-corrected chi connectivity index (χ2v) is 6.44. The number of carbonyl (C=O) groups excluding carboxylic acids is 1. The van der Waals surface area contributed by atoms with Gasteiger partial charge in [-0.15, -0.1) is 0 Å². The molecular formula is C18H13Cl2N3O4. The summed E-state index contributed by atoms with van der Waals surface area (Å²) in [7, 11) is 1.27. The zero-order valence-corrected chi connectivity index (χ0v) is 15.6. The van der Waals surface area contributed by atoms with Crippen LogP contribution in [0, 0.1) is 10.1 Å². The lowest BCUT2D eigenvalue weighted by atomic mass is 10.1. The van der Waals surface area contributed by atoms with Crippen LogP contribution in [0.3, 0.4) is 0 Å². The van der Waals surface area contributed by atoms with Crippen molar-refractivity contribution < 1.29 is 14.5 Å². The molecule has 0 saturated carbocycles. The van der Waals surface area contributed by atoms with Gasteiger partial charge in [-0.25, -0.2) is 4.79 Å². The SMILES string of the molecule is COC(=O)C=Cc1nn(Cc2ccc(Cl)cc2Cl)c2cc([N+](=O)[O-])ccc12. The number of carbonyl (C=O) groups is 1. The molecule has 0 amide bonds. The molecule has 3 rings (SSSR count). The fraction of sp³-hybridized carbons (Fsp3) is 0.111. The van der Waals surface area contributed by atoms with Crippen LogP contribution in [0.5, 0.6) is 0 Å². The summed E-state index contributed by atoms with van der Waals surface area (Å²) in [5.41, 5.74) is 1.71. The first kappa shape index (κ1) is 18.9. The monoisotopic (exact) mass is 405 g/mol. The highest BCUT2D eigenvalue weighted by atomic mass is 35.5. The van der Waals surface area contributed by atoms with Gasteiger partial charge >= 0.3 is 5.97 Å². The van der Waals surface area contributed by atoms with Gasteiger partial charge < -0.3 is 4.74 Å². The molecule has 2 aromatic carbocycles. The van der Waals surface area contributed by atoms with Crippen LogP contribution in [0.15, 0.2) is 42.5 Å². The summed E-state index contributed by atoms with van der Waals surface area (Å²) in [6, 6.07) is 9.50. The summed E-state index contributed by atoms with van der Waals surface area (Å²) < 4.78 is 6.18. The fourth-order valence-electron chi connectivity index (χ4n) is 2.57. The van der Waals surface area contributed by atoms with Crippen molar-refractivity contribution in [2.75, 3.05) is 7.11 Å². The van der Waals surface area contributed by atoms with Gasteiger partial charge in [0.1, 0.15) is 0 Å². The Bertz CT molecular complexity index is 1080. The molecule has 7 nitrogen and oxygen atoms in total. The molecule has 138 valence electrons. The minimum absolute atomic E-state index is 0.0608. The molecule has 0 aliphatic heterocycles. The second kappa shape index (κ2) is 7.77. The summed E-state index contributed by atoms with van der Waals surface area (Å²) in [4.78, 5) is 22.0. The van der Waals surface area contributed by atoms with E-state index < -0.39 is 10.9 Å². The number of aromatic nitrogens is 2. The maximum atomic E-state index is 11.4. The Morgan fingerprint density at radius 3 is 2.74 bits per heavy atom. The number of hydrogen-bond donors (Lipinski definition) is 0. The Morgan fingerprint density at radius 1 is 1.30 bits per heavy atom. The topological polar surface area (TPSA) is 87.3 Å². The molecule has 0 aliphatic carbocycles. The lowest BCUT2D eigenvalue weighted by Gasteiger charge is -2.06. The predicted molar refractivity (Wildman–Crippen MR) is 103 cm³/mol. The van der Waals surface area contributed by atoms with Crippen LogP contribution in [0.25, 0.3) is 17.0 Å². The maximum Gasteiger partial charge on any atom is 0.330 e. The Balaban J connectivity index is 2.11. The Kier molecular flexibility index (Phi) is 5.43. The van der Waals surface area contributed by atoms with Gasteiger partial charge in [0.25, 0.3) is 5.69 Å². The lowest BCUT2D eigenvalue weighted by Crippen LogP contribution is -2.03. The third kappa shape index (κ3) is 4.10. The number of nitrogens with zero attached hydrogens (tertiary/aromatic N) is 3. The minimum Gasteiger partial charge on any atom is -0.466 e. The number of esters is 1. The number of halogens is 2. The third-order valence-corrected chi connectivity index (χ3v) is 4.48. The molecule has 9 heteroatoms. The standard InChI is InChI=1S/C18H13Cl2N3O4/c1-27-18(24)7-6-16-14-5-4-13(23(25)26)9-17(14)22(21-16)10-11-2-3-12(19)8-15(11)20/h2-9H,10H2,1H3. The number of fused-ring (bicyclic) bond motifs is 1. The van der Waals surface area contributed by atoms with Crippen molar-refractivity contribution in [1.29, 1.82) is 0 Å². The van der Waals surface area contributed by atoms with Gasteiger partial charge in [-0.2, -0.15) is 5.10 Å². The molecule has 1 aromatic heterocycles. The smallest absolute Gasteiger partial charge is 0.330 e. The zero-order valence-electron chi connectivity index (χ0n) is 14.1. The molecule has 0 saturated heterocycles. The van der Waals surface area contributed by atoms with E-state index in [0.717, 1.165) is 5.56 Å². The summed E-state index contributed by atoms with van der Waals surface area (Å²) >= 11 is 12.2. The molecule has 0 unspecified atom stereocenters. The van der Waals surface area contributed by atoms with Crippen molar-refractivity contribution in [2.24, 2.45) is 0 Å². The van der Waals surface area contributed by atoms with E-state index in [2.05, 4.69) is 9.84 Å². The summed E-state index contributed by atoms with van der Waals surface area (Å²) in [5.74, 6) is -0.527. The molecule has 27 heavy (non-hydrogen) atoms. The van der Waals surface area contributed by atoms with Crippen LogP contribution in [0.1, 0.15) is 11.3 Å². The van der Waals surface area contributed by atoms with Crippen molar-refractivity contribution in [3.63, 3.8) is 0 Å². The van der Waals surface area contributed by atoms with Crippen molar-refractivity contribution in [3.8, 4) is 0 Å². The van der Waals surface area contributed by atoms with Crippen LogP contribution in [0.2, 0.25) is 10.0 Å². The molecule has 0 spiro atoms. The molecular weight excluding hydrogens is 393 g/mol. The summed E-state index contributed by atoms with van der Waals surface area (Å²) in [5, 5.41) is 17.2. The minimum atomic E-state index is -0.527. The Hall–Kier alpha value is -2.90. The number of nitro benzene ring substituents is 1. The van der Waals surface area contributed by atoms with E-state index in [4.69, 9.17) is 23.2 Å². The number of benzene rings is 2. The Labute approximate surface area is 163 Å². The van der Waals surface area contributed by atoms with Gasteiger partial charge in [0, 0.05) is 33.6 Å². The van der Waals surface area contributed by atoms with Crippen LogP contribution < -0.4 is 0 Å². The largest absolute Gasteiger partial charge is 0.466 e. The maximum absolute atomic E-state index is 11.4. The fourth-order valence-corrected chi connectivity index (χ4v) is 3.04. The van der Waals surface area contributed by atoms with E-state index in [-0.39, 0.29) is 12.2 Å². The molecule has 0 N–H and O–H groups in total. The number of nitro groups is 1. The molecule has 0 atom stereocenters. The predicted octanol–water partition coefficient (Wildman–Crippen LogP) is 4.49. The van der Waals surface area contributed by atoms with E-state index >= 15 is 0 Å². The van der Waals surface area contributed by atoms with Crippen LogP contribution in [-0.4, -0.2) is 27.8 Å². The van der Waals surface area contributed by atoms with E-state index in [0.29, 0.717) is 26.6 Å². The van der Waals surface area contributed by atoms with Crippen molar-refractivity contribution >= 4 is 51.8 Å². The van der Waals surface area contributed by atoms with Gasteiger partial charge in [-0.3, -0.25) is 14.8 Å². The average molecular weight is 406 g/mol. The van der Waals surface area contributed by atoms with Crippen molar-refractivity contribution in [1.82, 2.24) is 9.78 Å². The highest BCUT2D eigenvalue weighted by Crippen LogP contribution is 2.27. The molecule has 3 aromatic rings. The van der Waals surface area contributed by atoms with E-state index in [1.807, 2.05) is 0 Å². The third-order valence-electron chi connectivity index (χ3n) is 3.89. The first-order valence-electron chi connectivity index (χ1n) is 7.74. The molecule has 0 aliphatic rings. The lowest BCUT2D eigenvalue weighted by molar-refractivity contribution is -0.384. The van der Waals surface area contributed by atoms with Crippen LogP contribution in [0.4, 0.5) is 5.69 Å². The second-order valence-electron chi connectivity index (χ2n) is 5.59. The zero-order chi connectivity index (χ0) is 19.6. The highest BCUT2D eigenvalue weighted by Gasteiger charge is 2.15. The van der Waals surface area contributed by atoms with Gasteiger partial charge in [0.15, 0.2) is 0 Å². The molecule has 0 fully saturated rings. The normalized spacial score (nSPS) is 11.2. The summed E-state index contributed by atoms with van der Waals surface area (Å²) in [6.45, 7) is 0.278. The van der Waals surface area contributed by atoms with E-state index in [9.17, 15) is 14.9 Å². The van der Waals surface area contributed by atoms with Gasteiger partial charge in [-0.1, -0.05) is 29.3 Å². The van der Waals surface area contributed by atoms with Gasteiger partial charge in [0.05, 0.1) is 29.8 Å². The number of rotatable bonds is 5. The first-order chi connectivity index (χ1) is 12.9. The molecule has 0 bridgehead atoms. The molecule has 0 radical (unpaired) electrons. The number of hydrogen-bond acceptors (Lipinski definition) is 5. The van der Waals surface area contributed by atoms with Crippen LogP contribution in [-0.2, 0) is 16.1 Å². The van der Waals surface area contributed by atoms with Crippen molar-refractivity contribution in [2.45, 2.75) is 6.54 Å². The van der Waals surface area contributed by atoms with Gasteiger partial charge in [-0.05, 0) is 29.8 Å². The molecule has 1 heterocycles. The van der Waals surface area contributed by atoms with E-state index in [1.165, 1.54) is 31.4 Å². The number of ether oxygens (including phenoxy) is 1. The van der Waals surface area contributed by atoms with Crippen molar-refractivity contribution in [3.05, 3.63) is 73.9 Å². The number of non-ortho nitro benzene ring substituents is 1. The highest BCUT2D eigenvalue weighted by molar-refractivity contribution is 6.35. The van der Waals surface area contributed by atoms with Gasteiger partial charge in [0.2, 0.25) is 0 Å². The number of methoxy groups -OCH3 is 1. The Morgan fingerprint density at radius 2 is 2.07 bits per heavy atom. The quantitative estimate of drug-likeness (QED) is 0.270. The summed E-state index contributed by atoms with van der Waals surface area (Å²) in [6.07, 6.45) is 2.74. The average Bonchev–Trinajstić information content (AvgIpc) is 2.99.